The largest absolute Gasteiger partial charge is 0.480 e. The molecule has 4 atom stereocenters. The van der Waals surface area contributed by atoms with Crippen molar-refractivity contribution in [1.29, 1.82) is 0 Å². The van der Waals surface area contributed by atoms with E-state index in [-0.39, 0.29) is 12.3 Å². The lowest BCUT2D eigenvalue weighted by Gasteiger charge is -2.25. The van der Waals surface area contributed by atoms with Crippen LogP contribution < -0.4 is 21.7 Å². The molecule has 0 bridgehead atoms. The number of aromatic nitrogens is 2. The maximum atomic E-state index is 13.0. The second-order valence-electron chi connectivity index (χ2n) is 8.14. The average molecular weight is 517 g/mol. The maximum absolute atomic E-state index is 13.0. The van der Waals surface area contributed by atoms with Gasteiger partial charge in [-0.05, 0) is 42.8 Å². The molecule has 0 radical (unpaired) electrons. The van der Waals surface area contributed by atoms with E-state index in [1.165, 1.54) is 36.0 Å². The van der Waals surface area contributed by atoms with Gasteiger partial charge in [-0.3, -0.25) is 14.4 Å². The van der Waals surface area contributed by atoms with E-state index in [1.54, 1.807) is 0 Å². The van der Waals surface area contributed by atoms with Crippen molar-refractivity contribution in [3.63, 3.8) is 0 Å². The Kier molecular flexibility index (Phi) is 13.7. The topological polar surface area (TPSA) is 179 Å². The summed E-state index contributed by atoms with van der Waals surface area (Å²) in [6.45, 7) is 3.62. The fraction of sp³-hybridized carbons (Fsp3) is 0.667. The number of carbonyl (C=O) groups is 4. The number of nitrogens with one attached hydrogen (secondary N) is 4. The fourth-order valence-corrected chi connectivity index (χ4v) is 3.88. The molecule has 13 heteroatoms. The number of nitrogens with zero attached hydrogens (tertiary/aromatic N) is 1. The van der Waals surface area contributed by atoms with Crippen LogP contribution in [0.4, 0.5) is 0 Å². The molecule has 0 aromatic carbocycles. The monoisotopic (exact) mass is 516 g/mol. The van der Waals surface area contributed by atoms with Crippen LogP contribution in [-0.4, -0.2) is 86.9 Å². The van der Waals surface area contributed by atoms with Crippen LogP contribution >= 0.6 is 23.5 Å². The van der Waals surface area contributed by atoms with E-state index in [9.17, 15) is 24.3 Å². The van der Waals surface area contributed by atoms with Gasteiger partial charge in [0.2, 0.25) is 17.7 Å². The van der Waals surface area contributed by atoms with Crippen molar-refractivity contribution in [3.05, 3.63) is 18.2 Å². The molecule has 11 nitrogen and oxygen atoms in total. The fourth-order valence-electron chi connectivity index (χ4n) is 2.94. The lowest BCUT2D eigenvalue weighted by molar-refractivity contribution is -0.142. The molecule has 7 N–H and O–H groups in total. The molecular weight excluding hydrogens is 480 g/mol. The van der Waals surface area contributed by atoms with Gasteiger partial charge in [-0.25, -0.2) is 9.78 Å². The molecule has 34 heavy (non-hydrogen) atoms. The Morgan fingerprint density at radius 1 is 0.971 bits per heavy atom. The predicted octanol–water partition coefficient (Wildman–Crippen LogP) is -0.0193. The molecule has 1 aromatic rings. The first kappa shape index (κ1) is 29.8. The van der Waals surface area contributed by atoms with Crippen LogP contribution in [0, 0.1) is 5.92 Å². The van der Waals surface area contributed by atoms with Gasteiger partial charge >= 0.3 is 5.97 Å². The number of aromatic amines is 1. The Hall–Kier alpha value is -2.25. The van der Waals surface area contributed by atoms with Crippen LogP contribution in [0.2, 0.25) is 0 Å². The van der Waals surface area contributed by atoms with Gasteiger partial charge in [0.15, 0.2) is 0 Å². The van der Waals surface area contributed by atoms with E-state index in [0.29, 0.717) is 30.0 Å². The minimum atomic E-state index is -1.20. The third-order valence-corrected chi connectivity index (χ3v) is 6.39. The molecule has 1 rings (SSSR count). The lowest BCUT2D eigenvalue weighted by atomic mass is 10.0. The average Bonchev–Trinajstić information content (AvgIpc) is 3.30. The first-order valence-electron chi connectivity index (χ1n) is 10.9. The zero-order valence-corrected chi connectivity index (χ0v) is 21.6. The highest BCUT2D eigenvalue weighted by atomic mass is 32.2. The molecule has 192 valence electrons. The lowest BCUT2D eigenvalue weighted by Crippen LogP contribution is -2.58. The molecular formula is C21H36N6O5S2. The molecule has 0 aliphatic carbocycles. The summed E-state index contributed by atoms with van der Waals surface area (Å²) in [6.07, 6.45) is 7.33. The van der Waals surface area contributed by atoms with Gasteiger partial charge in [0, 0.05) is 18.3 Å². The number of H-pyrrole nitrogens is 1. The summed E-state index contributed by atoms with van der Waals surface area (Å²) in [5, 5.41) is 17.4. The number of nitrogens with two attached hydrogens (primary N) is 1. The molecule has 0 spiro atoms. The Morgan fingerprint density at radius 3 is 1.88 bits per heavy atom. The first-order valence-corrected chi connectivity index (χ1v) is 13.7. The number of amides is 3. The normalized spacial score (nSPS) is 14.6. The summed E-state index contributed by atoms with van der Waals surface area (Å²) < 4.78 is 0. The summed E-state index contributed by atoms with van der Waals surface area (Å²) in [5.74, 6) is -1.69. The molecule has 0 saturated heterocycles. The van der Waals surface area contributed by atoms with E-state index < -0.39 is 47.9 Å². The van der Waals surface area contributed by atoms with Crippen molar-refractivity contribution in [1.82, 2.24) is 25.9 Å². The van der Waals surface area contributed by atoms with Crippen LogP contribution in [0.25, 0.3) is 0 Å². The van der Waals surface area contributed by atoms with Gasteiger partial charge in [-0.2, -0.15) is 23.5 Å². The van der Waals surface area contributed by atoms with E-state index in [1.807, 2.05) is 26.4 Å². The molecule has 0 saturated carbocycles. The number of hydrogen-bond donors (Lipinski definition) is 6. The molecule has 3 amide bonds. The SMILES string of the molecule is CSCCC(NC(=O)C(CCSC)NC(=O)C(N)C(C)C)C(=O)NC(Cc1cnc[nH]1)C(=O)O. The highest BCUT2D eigenvalue weighted by Crippen LogP contribution is 2.08. The molecule has 1 heterocycles. The van der Waals surface area contributed by atoms with Gasteiger partial charge in [-0.1, -0.05) is 13.8 Å². The summed E-state index contributed by atoms with van der Waals surface area (Å²) in [7, 11) is 0. The van der Waals surface area contributed by atoms with Gasteiger partial charge in [0.05, 0.1) is 12.4 Å². The molecule has 4 unspecified atom stereocenters. The highest BCUT2D eigenvalue weighted by Gasteiger charge is 2.30. The van der Waals surface area contributed by atoms with Gasteiger partial charge in [0.25, 0.3) is 0 Å². The molecule has 0 aliphatic heterocycles. The van der Waals surface area contributed by atoms with Gasteiger partial charge in [0.1, 0.15) is 18.1 Å². The van der Waals surface area contributed by atoms with Crippen molar-refractivity contribution in [2.45, 2.75) is 57.3 Å². The van der Waals surface area contributed by atoms with Crippen LogP contribution in [0.5, 0.6) is 0 Å². The van der Waals surface area contributed by atoms with Crippen molar-refractivity contribution < 1.29 is 24.3 Å². The number of rotatable bonds is 16. The summed E-state index contributed by atoms with van der Waals surface area (Å²) >= 11 is 3.02. The number of imidazole rings is 1. The Balaban J connectivity index is 2.93. The zero-order chi connectivity index (χ0) is 25.7. The quantitative estimate of drug-likeness (QED) is 0.176. The third kappa shape index (κ3) is 10.3. The Bertz CT molecular complexity index is 793. The minimum absolute atomic E-state index is 0.0176. The number of thioether (sulfide) groups is 2. The summed E-state index contributed by atoms with van der Waals surface area (Å²) in [6, 6.07) is -3.79. The second-order valence-corrected chi connectivity index (χ2v) is 10.1. The molecule has 0 fully saturated rings. The van der Waals surface area contributed by atoms with Crippen molar-refractivity contribution in [2.75, 3.05) is 24.0 Å². The number of carboxylic acids is 1. The number of hydrogen-bond acceptors (Lipinski definition) is 8. The van der Waals surface area contributed by atoms with E-state index in [0.717, 1.165) is 0 Å². The highest BCUT2D eigenvalue weighted by molar-refractivity contribution is 7.98. The summed E-state index contributed by atoms with van der Waals surface area (Å²) in [4.78, 5) is 56.8. The number of carbonyl (C=O) groups excluding carboxylic acids is 3. The Morgan fingerprint density at radius 2 is 1.47 bits per heavy atom. The van der Waals surface area contributed by atoms with Crippen molar-refractivity contribution in [2.24, 2.45) is 11.7 Å². The Labute approximate surface area is 208 Å². The van der Waals surface area contributed by atoms with Crippen LogP contribution in [0.3, 0.4) is 0 Å². The van der Waals surface area contributed by atoms with E-state index in [2.05, 4.69) is 25.9 Å². The number of carboxylic acid groups (broad SMARTS) is 1. The standard InChI is InChI=1S/C21H36N6O5S2/c1-12(2)17(22)20(30)26-15(6-8-34-4)18(28)25-14(5-7-33-3)19(29)27-16(21(31)32)9-13-10-23-11-24-13/h10-12,14-17H,5-9,22H2,1-4H3,(H,23,24)(H,25,28)(H,26,30)(H,27,29)(H,31,32). The maximum Gasteiger partial charge on any atom is 0.326 e. The van der Waals surface area contributed by atoms with E-state index in [4.69, 9.17) is 5.73 Å². The predicted molar refractivity (Wildman–Crippen MR) is 135 cm³/mol. The van der Waals surface area contributed by atoms with Crippen LogP contribution in [0.1, 0.15) is 32.4 Å². The van der Waals surface area contributed by atoms with E-state index >= 15 is 0 Å². The zero-order valence-electron chi connectivity index (χ0n) is 20.0. The first-order chi connectivity index (χ1) is 16.1. The van der Waals surface area contributed by atoms with Crippen LogP contribution in [-0.2, 0) is 25.6 Å². The van der Waals surface area contributed by atoms with Crippen LogP contribution in [0.15, 0.2) is 12.5 Å². The second kappa shape index (κ2) is 15.6. The molecule has 0 aliphatic rings. The van der Waals surface area contributed by atoms with Crippen molar-refractivity contribution >= 4 is 47.2 Å². The van der Waals surface area contributed by atoms with Gasteiger partial charge < -0.3 is 31.8 Å². The van der Waals surface area contributed by atoms with Gasteiger partial charge in [-0.15, -0.1) is 0 Å². The number of aliphatic carboxylic acids is 1. The minimum Gasteiger partial charge on any atom is -0.480 e. The third-order valence-electron chi connectivity index (χ3n) is 5.10. The summed E-state index contributed by atoms with van der Waals surface area (Å²) in [5.41, 5.74) is 6.47. The van der Waals surface area contributed by atoms with Crippen molar-refractivity contribution in [3.8, 4) is 0 Å². The smallest absolute Gasteiger partial charge is 0.326 e. The molecule has 1 aromatic heterocycles.